The first kappa shape index (κ1) is 18.5. The molecule has 0 saturated carbocycles. The van der Waals surface area contributed by atoms with Crippen LogP contribution in [0.25, 0.3) is 27.8 Å². The summed E-state index contributed by atoms with van der Waals surface area (Å²) in [6.07, 6.45) is 1.53. The molecule has 0 unspecified atom stereocenters. The molecule has 8 heteroatoms. The molecule has 0 aliphatic carbocycles. The van der Waals surface area contributed by atoms with Crippen molar-refractivity contribution in [2.75, 3.05) is 33.2 Å². The number of para-hydroxylation sites is 1. The zero-order valence-corrected chi connectivity index (χ0v) is 16.5. The molecule has 5 rings (SSSR count). The Hall–Kier alpha value is -3.52. The molecule has 152 valence electrons. The number of aromatic nitrogens is 3. The monoisotopic (exact) mass is 405 g/mol. The maximum Gasteiger partial charge on any atom is 0.328 e. The molecular formula is C22H20FN5O2. The van der Waals surface area contributed by atoms with E-state index in [2.05, 4.69) is 10.00 Å². The zero-order valence-electron chi connectivity index (χ0n) is 16.5. The second-order valence-corrected chi connectivity index (χ2v) is 7.55. The van der Waals surface area contributed by atoms with E-state index in [0.29, 0.717) is 35.4 Å². The largest absolute Gasteiger partial charge is 0.328 e. The number of halogens is 1. The quantitative estimate of drug-likeness (QED) is 0.489. The smallest absolute Gasteiger partial charge is 0.321 e. The van der Waals surface area contributed by atoms with E-state index in [1.165, 1.54) is 27.6 Å². The predicted octanol–water partition coefficient (Wildman–Crippen LogP) is 2.65. The first-order valence-electron chi connectivity index (χ1n) is 9.80. The molecule has 1 fully saturated rings. The van der Waals surface area contributed by atoms with Gasteiger partial charge in [0.25, 0.3) is 5.56 Å². The summed E-state index contributed by atoms with van der Waals surface area (Å²) in [5.41, 5.74) is 1.44. The van der Waals surface area contributed by atoms with Crippen molar-refractivity contribution in [1.82, 2.24) is 24.1 Å². The number of hydrogen-bond acceptors (Lipinski definition) is 4. The van der Waals surface area contributed by atoms with Crippen LogP contribution in [0, 0.1) is 5.82 Å². The maximum atomic E-state index is 14.1. The van der Waals surface area contributed by atoms with Gasteiger partial charge in [0, 0.05) is 37.8 Å². The maximum absolute atomic E-state index is 14.1. The molecule has 3 aliphatic heterocycles. The molecule has 3 aliphatic rings. The van der Waals surface area contributed by atoms with Crippen LogP contribution in [-0.4, -0.2) is 63.4 Å². The van der Waals surface area contributed by atoms with Crippen LogP contribution < -0.4 is 5.56 Å². The molecule has 2 aromatic carbocycles. The number of rotatable bonds is 1. The van der Waals surface area contributed by atoms with Crippen LogP contribution in [0.2, 0.25) is 0 Å². The summed E-state index contributed by atoms with van der Waals surface area (Å²) >= 11 is 0. The number of carbonyl (C=O) groups excluding carboxylic acids is 1. The van der Waals surface area contributed by atoms with Gasteiger partial charge in [0.2, 0.25) is 0 Å². The van der Waals surface area contributed by atoms with Crippen LogP contribution in [0.5, 0.6) is 0 Å². The summed E-state index contributed by atoms with van der Waals surface area (Å²) in [4.78, 5) is 30.3. The molecule has 0 bridgehead atoms. The van der Waals surface area contributed by atoms with Crippen LogP contribution >= 0.6 is 0 Å². The number of amides is 1. The highest BCUT2D eigenvalue weighted by Crippen LogP contribution is 2.29. The van der Waals surface area contributed by atoms with E-state index in [-0.39, 0.29) is 17.2 Å². The summed E-state index contributed by atoms with van der Waals surface area (Å²) in [7, 11) is 2.01. The SMILES string of the molecule is CN1CCN(C(=O)n2cc3c(=O)n(-c4ccccc4)nc-3c3cc(F)ccc32)CC1. The van der Waals surface area contributed by atoms with Gasteiger partial charge in [0.1, 0.15) is 11.5 Å². The van der Waals surface area contributed by atoms with Crippen molar-refractivity contribution in [3.63, 3.8) is 0 Å². The summed E-state index contributed by atoms with van der Waals surface area (Å²) in [6.45, 7) is 2.74. The lowest BCUT2D eigenvalue weighted by Gasteiger charge is -2.33. The van der Waals surface area contributed by atoms with Gasteiger partial charge >= 0.3 is 6.03 Å². The molecule has 0 N–H and O–H groups in total. The van der Waals surface area contributed by atoms with Crippen LogP contribution in [0.3, 0.4) is 0 Å². The summed E-state index contributed by atoms with van der Waals surface area (Å²) in [5.74, 6) is -0.449. The average Bonchev–Trinajstić information content (AvgIpc) is 3.10. The number of nitrogens with zero attached hydrogens (tertiary/aromatic N) is 5. The Morgan fingerprint density at radius 1 is 1.03 bits per heavy atom. The molecule has 2 aromatic rings. The first-order valence-corrected chi connectivity index (χ1v) is 9.80. The van der Waals surface area contributed by atoms with Gasteiger partial charge in [-0.1, -0.05) is 18.2 Å². The third kappa shape index (κ3) is 2.96. The average molecular weight is 405 g/mol. The number of carbonyl (C=O) groups is 1. The lowest BCUT2D eigenvalue weighted by molar-refractivity contribution is 0.156. The molecule has 3 heterocycles. The fourth-order valence-corrected chi connectivity index (χ4v) is 3.89. The highest BCUT2D eigenvalue weighted by atomic mass is 19.1. The Labute approximate surface area is 171 Å². The third-order valence-corrected chi connectivity index (χ3v) is 5.59. The number of fused-ring (bicyclic) bond motifs is 3. The van der Waals surface area contributed by atoms with Crippen molar-refractivity contribution in [1.29, 1.82) is 0 Å². The fraction of sp³-hybridized carbons (Fsp3) is 0.227. The van der Waals surface area contributed by atoms with Gasteiger partial charge in [0.05, 0.1) is 16.8 Å². The summed E-state index contributed by atoms with van der Waals surface area (Å²) in [5, 5.41) is 4.90. The highest BCUT2D eigenvalue weighted by molar-refractivity contribution is 5.99. The van der Waals surface area contributed by atoms with Crippen LogP contribution in [0.1, 0.15) is 0 Å². The number of likely N-dealkylation sites (N-methyl/N-ethyl adjacent to an activating group) is 1. The highest BCUT2D eigenvalue weighted by Gasteiger charge is 2.26. The van der Waals surface area contributed by atoms with E-state index in [9.17, 15) is 14.0 Å². The Kier molecular flexibility index (Phi) is 4.36. The Morgan fingerprint density at radius 2 is 1.77 bits per heavy atom. The molecular weight excluding hydrogens is 385 g/mol. The van der Waals surface area contributed by atoms with E-state index in [1.807, 2.05) is 25.2 Å². The van der Waals surface area contributed by atoms with Crippen LogP contribution in [0.4, 0.5) is 9.18 Å². The molecule has 0 spiro atoms. The van der Waals surface area contributed by atoms with E-state index in [0.717, 1.165) is 13.1 Å². The van der Waals surface area contributed by atoms with Crippen molar-refractivity contribution in [2.24, 2.45) is 0 Å². The van der Waals surface area contributed by atoms with Gasteiger partial charge in [-0.3, -0.25) is 9.36 Å². The topological polar surface area (TPSA) is 63.4 Å². The van der Waals surface area contributed by atoms with Gasteiger partial charge in [-0.05, 0) is 37.4 Å². The molecule has 0 radical (unpaired) electrons. The minimum Gasteiger partial charge on any atom is -0.321 e. The van der Waals surface area contributed by atoms with Crippen LogP contribution in [-0.2, 0) is 0 Å². The zero-order chi connectivity index (χ0) is 20.8. The second-order valence-electron chi connectivity index (χ2n) is 7.55. The number of piperazine rings is 1. The van der Waals surface area contributed by atoms with E-state index in [4.69, 9.17) is 0 Å². The van der Waals surface area contributed by atoms with E-state index < -0.39 is 5.82 Å². The summed E-state index contributed by atoms with van der Waals surface area (Å²) in [6, 6.07) is 13.0. The van der Waals surface area contributed by atoms with Crippen molar-refractivity contribution in [3.8, 4) is 16.9 Å². The Bertz CT molecular complexity index is 1270. The van der Waals surface area contributed by atoms with Gasteiger partial charge in [-0.15, -0.1) is 0 Å². The molecule has 7 nitrogen and oxygen atoms in total. The third-order valence-electron chi connectivity index (χ3n) is 5.59. The van der Waals surface area contributed by atoms with E-state index >= 15 is 0 Å². The van der Waals surface area contributed by atoms with Gasteiger partial charge in [-0.25, -0.2) is 9.18 Å². The number of benzene rings is 2. The second kappa shape index (κ2) is 7.07. The molecule has 30 heavy (non-hydrogen) atoms. The first-order chi connectivity index (χ1) is 14.5. The Morgan fingerprint density at radius 3 is 2.50 bits per heavy atom. The molecule has 0 aromatic heterocycles. The molecule has 1 amide bonds. The summed E-state index contributed by atoms with van der Waals surface area (Å²) < 4.78 is 16.8. The van der Waals surface area contributed by atoms with E-state index in [1.54, 1.807) is 23.1 Å². The van der Waals surface area contributed by atoms with Crippen molar-refractivity contribution >= 4 is 16.9 Å². The molecule has 1 saturated heterocycles. The van der Waals surface area contributed by atoms with Crippen molar-refractivity contribution in [3.05, 3.63) is 70.9 Å². The minimum absolute atomic E-state index is 0.228. The number of pyridine rings is 1. The van der Waals surface area contributed by atoms with Crippen molar-refractivity contribution < 1.29 is 9.18 Å². The van der Waals surface area contributed by atoms with Gasteiger partial charge in [0.15, 0.2) is 0 Å². The minimum atomic E-state index is -0.449. The van der Waals surface area contributed by atoms with Crippen LogP contribution in [0.15, 0.2) is 59.5 Å². The van der Waals surface area contributed by atoms with Gasteiger partial charge < -0.3 is 9.80 Å². The normalized spacial score (nSPS) is 15.2. The lowest BCUT2D eigenvalue weighted by atomic mass is 10.1. The number of hydrogen-bond donors (Lipinski definition) is 0. The predicted molar refractivity (Wildman–Crippen MR) is 112 cm³/mol. The van der Waals surface area contributed by atoms with Gasteiger partial charge in [-0.2, -0.15) is 9.78 Å². The standard InChI is InChI=1S/C22H20FN5O2/c1-25-9-11-26(12-10-25)22(30)27-14-18-20(17-13-15(23)7-8-19(17)27)24-28(21(18)29)16-5-3-2-4-6-16/h2-8,13-14H,9-12H2,1H3. The fourth-order valence-electron chi connectivity index (χ4n) is 3.89. The van der Waals surface area contributed by atoms with Crippen molar-refractivity contribution in [2.45, 2.75) is 0 Å². The molecule has 0 atom stereocenters. The lowest BCUT2D eigenvalue weighted by Crippen LogP contribution is -2.48. The Balaban J connectivity index is 1.73.